The molecule has 3 unspecified atom stereocenters. The summed E-state index contributed by atoms with van der Waals surface area (Å²) in [5.74, 6) is 0.731. The molecular formula is C10H21NOS. The van der Waals surface area contributed by atoms with E-state index in [4.69, 9.17) is 4.74 Å². The Balaban J connectivity index is 2.12. The van der Waals surface area contributed by atoms with Crippen LogP contribution in [0.3, 0.4) is 0 Å². The zero-order valence-corrected chi connectivity index (χ0v) is 9.69. The van der Waals surface area contributed by atoms with E-state index in [2.05, 4.69) is 25.4 Å². The molecule has 0 radical (unpaired) electrons. The van der Waals surface area contributed by atoms with Crippen LogP contribution < -0.4 is 5.32 Å². The van der Waals surface area contributed by atoms with Gasteiger partial charge < -0.3 is 10.1 Å². The second-order valence-electron chi connectivity index (χ2n) is 3.87. The predicted octanol–water partition coefficient (Wildman–Crippen LogP) is 1.75. The third-order valence-electron chi connectivity index (χ3n) is 2.80. The Morgan fingerprint density at radius 3 is 2.85 bits per heavy atom. The molecule has 1 fully saturated rings. The molecule has 0 bridgehead atoms. The molecule has 1 rings (SSSR count). The molecule has 0 aliphatic carbocycles. The number of ether oxygens (including phenoxy) is 1. The van der Waals surface area contributed by atoms with E-state index < -0.39 is 0 Å². The molecular weight excluding hydrogens is 182 g/mol. The molecule has 3 atom stereocenters. The maximum atomic E-state index is 5.37. The predicted molar refractivity (Wildman–Crippen MR) is 59.4 cm³/mol. The van der Waals surface area contributed by atoms with Crippen molar-refractivity contribution in [3.05, 3.63) is 0 Å². The summed E-state index contributed by atoms with van der Waals surface area (Å²) in [6.45, 7) is 7.54. The van der Waals surface area contributed by atoms with Gasteiger partial charge >= 0.3 is 0 Å². The molecule has 78 valence electrons. The highest BCUT2D eigenvalue weighted by atomic mass is 32.2. The van der Waals surface area contributed by atoms with E-state index in [1.807, 2.05) is 11.8 Å². The third kappa shape index (κ3) is 3.88. The first-order chi connectivity index (χ1) is 6.24. The van der Waals surface area contributed by atoms with Crippen molar-refractivity contribution >= 4 is 11.8 Å². The van der Waals surface area contributed by atoms with Crippen molar-refractivity contribution in [2.45, 2.75) is 31.6 Å². The van der Waals surface area contributed by atoms with Crippen LogP contribution >= 0.6 is 11.8 Å². The number of hydrogen-bond donors (Lipinski definition) is 1. The molecule has 0 aromatic carbocycles. The molecule has 3 heteroatoms. The first-order valence-electron chi connectivity index (χ1n) is 5.08. The van der Waals surface area contributed by atoms with Crippen LogP contribution in [-0.2, 0) is 4.74 Å². The molecule has 13 heavy (non-hydrogen) atoms. The molecule has 0 amide bonds. The van der Waals surface area contributed by atoms with Crippen LogP contribution in [0, 0.1) is 5.92 Å². The summed E-state index contributed by atoms with van der Waals surface area (Å²) in [5, 5.41) is 4.29. The maximum Gasteiger partial charge on any atom is 0.0509 e. The van der Waals surface area contributed by atoms with Gasteiger partial charge in [0, 0.05) is 24.4 Å². The van der Waals surface area contributed by atoms with E-state index >= 15 is 0 Å². The largest absolute Gasteiger partial charge is 0.381 e. The van der Waals surface area contributed by atoms with Crippen LogP contribution in [0.25, 0.3) is 0 Å². The van der Waals surface area contributed by atoms with Gasteiger partial charge in [-0.1, -0.05) is 6.92 Å². The normalized spacial score (nSPS) is 27.5. The highest BCUT2D eigenvalue weighted by Crippen LogP contribution is 2.16. The Morgan fingerprint density at radius 1 is 1.54 bits per heavy atom. The lowest BCUT2D eigenvalue weighted by Crippen LogP contribution is -2.37. The first-order valence-corrected chi connectivity index (χ1v) is 6.36. The molecule has 0 saturated carbocycles. The number of nitrogens with one attached hydrogen (secondary N) is 1. The van der Waals surface area contributed by atoms with Crippen LogP contribution in [0.15, 0.2) is 0 Å². The minimum atomic E-state index is 0.608. The number of rotatable bonds is 5. The minimum Gasteiger partial charge on any atom is -0.381 e. The van der Waals surface area contributed by atoms with E-state index in [0.29, 0.717) is 11.3 Å². The van der Waals surface area contributed by atoms with E-state index in [1.54, 1.807) is 0 Å². The number of thioether (sulfide) groups is 1. The van der Waals surface area contributed by atoms with Crippen molar-refractivity contribution in [1.29, 1.82) is 0 Å². The zero-order valence-electron chi connectivity index (χ0n) is 8.88. The van der Waals surface area contributed by atoms with Crippen LogP contribution in [0.5, 0.6) is 0 Å². The molecule has 1 heterocycles. The average molecular weight is 203 g/mol. The Kier molecular flexibility index (Phi) is 5.14. The Morgan fingerprint density at radius 2 is 2.31 bits per heavy atom. The van der Waals surface area contributed by atoms with E-state index in [1.165, 1.54) is 6.42 Å². The Hall–Kier alpha value is 0.270. The zero-order chi connectivity index (χ0) is 9.68. The molecule has 2 nitrogen and oxygen atoms in total. The monoisotopic (exact) mass is 203 g/mol. The van der Waals surface area contributed by atoms with Crippen molar-refractivity contribution in [2.24, 2.45) is 5.92 Å². The number of hydrogen-bond acceptors (Lipinski definition) is 3. The van der Waals surface area contributed by atoms with Gasteiger partial charge in [0.1, 0.15) is 0 Å². The quantitative estimate of drug-likeness (QED) is 0.735. The van der Waals surface area contributed by atoms with Gasteiger partial charge in [-0.2, -0.15) is 11.8 Å². The molecule has 1 N–H and O–H groups in total. The van der Waals surface area contributed by atoms with Crippen LogP contribution in [0.1, 0.15) is 20.3 Å². The van der Waals surface area contributed by atoms with Gasteiger partial charge in [0.05, 0.1) is 6.61 Å². The summed E-state index contributed by atoms with van der Waals surface area (Å²) in [7, 11) is 0. The molecule has 0 aromatic rings. The second-order valence-corrected chi connectivity index (χ2v) is 5.14. The molecule has 1 saturated heterocycles. The van der Waals surface area contributed by atoms with Gasteiger partial charge in [-0.3, -0.25) is 0 Å². The Labute approximate surface area is 85.8 Å². The molecule has 1 aliphatic rings. The molecule has 0 spiro atoms. The van der Waals surface area contributed by atoms with Crippen LogP contribution in [0.2, 0.25) is 0 Å². The van der Waals surface area contributed by atoms with Gasteiger partial charge in [-0.05, 0) is 25.5 Å². The topological polar surface area (TPSA) is 21.3 Å². The maximum absolute atomic E-state index is 5.37. The fourth-order valence-corrected chi connectivity index (χ4v) is 1.81. The van der Waals surface area contributed by atoms with Crippen molar-refractivity contribution in [3.8, 4) is 0 Å². The lowest BCUT2D eigenvalue weighted by Gasteiger charge is -2.21. The van der Waals surface area contributed by atoms with E-state index in [9.17, 15) is 0 Å². The smallest absolute Gasteiger partial charge is 0.0509 e. The Bertz CT molecular complexity index is 137. The minimum absolute atomic E-state index is 0.608. The highest BCUT2D eigenvalue weighted by molar-refractivity contribution is 7.99. The second kappa shape index (κ2) is 5.89. The van der Waals surface area contributed by atoms with Crippen molar-refractivity contribution < 1.29 is 4.74 Å². The van der Waals surface area contributed by atoms with Crippen LogP contribution in [-0.4, -0.2) is 37.3 Å². The van der Waals surface area contributed by atoms with Crippen molar-refractivity contribution in [3.63, 3.8) is 0 Å². The lowest BCUT2D eigenvalue weighted by atomic mass is 10.0. The summed E-state index contributed by atoms with van der Waals surface area (Å²) in [6.07, 6.45) is 3.39. The summed E-state index contributed by atoms with van der Waals surface area (Å²) in [5.41, 5.74) is 0. The van der Waals surface area contributed by atoms with Gasteiger partial charge in [-0.25, -0.2) is 0 Å². The van der Waals surface area contributed by atoms with Gasteiger partial charge in [-0.15, -0.1) is 0 Å². The standard InChI is InChI=1S/C10H21NOS/c1-8(13-3)6-11-9(2)10-4-5-12-7-10/h8-11H,4-7H2,1-3H3. The fourth-order valence-electron chi connectivity index (χ4n) is 1.55. The summed E-state index contributed by atoms with van der Waals surface area (Å²) >= 11 is 1.92. The van der Waals surface area contributed by atoms with Gasteiger partial charge in [0.25, 0.3) is 0 Å². The van der Waals surface area contributed by atoms with Gasteiger partial charge in [0.15, 0.2) is 0 Å². The SMILES string of the molecule is CSC(C)CNC(C)C1CCOC1. The highest BCUT2D eigenvalue weighted by Gasteiger charge is 2.21. The molecule has 0 aromatic heterocycles. The van der Waals surface area contributed by atoms with E-state index in [0.717, 1.165) is 25.7 Å². The van der Waals surface area contributed by atoms with E-state index in [-0.39, 0.29) is 0 Å². The first kappa shape index (κ1) is 11.3. The summed E-state index contributed by atoms with van der Waals surface area (Å²) in [4.78, 5) is 0. The fraction of sp³-hybridized carbons (Fsp3) is 1.00. The lowest BCUT2D eigenvalue weighted by molar-refractivity contribution is 0.178. The summed E-state index contributed by atoms with van der Waals surface area (Å²) in [6, 6.07) is 0.608. The van der Waals surface area contributed by atoms with Crippen molar-refractivity contribution in [1.82, 2.24) is 5.32 Å². The average Bonchev–Trinajstić information content (AvgIpc) is 2.66. The molecule has 1 aliphatic heterocycles. The van der Waals surface area contributed by atoms with Crippen LogP contribution in [0.4, 0.5) is 0 Å². The summed E-state index contributed by atoms with van der Waals surface area (Å²) < 4.78 is 5.37. The van der Waals surface area contributed by atoms with Gasteiger partial charge in [0.2, 0.25) is 0 Å². The van der Waals surface area contributed by atoms with Crippen molar-refractivity contribution in [2.75, 3.05) is 26.0 Å². The third-order valence-corrected chi connectivity index (χ3v) is 3.77.